The van der Waals surface area contributed by atoms with Crippen LogP contribution in [0, 0.1) is 0 Å². The first-order valence-electron chi connectivity index (χ1n) is 13.5. The van der Waals surface area contributed by atoms with Gasteiger partial charge in [0.1, 0.15) is 6.10 Å². The van der Waals surface area contributed by atoms with Gasteiger partial charge in [-0.15, -0.1) is 0 Å². The van der Waals surface area contributed by atoms with Crippen molar-refractivity contribution in [3.05, 3.63) is 47.5 Å². The van der Waals surface area contributed by atoms with Crippen LogP contribution in [0.3, 0.4) is 0 Å². The molecule has 0 radical (unpaired) electrons. The highest BCUT2D eigenvalue weighted by atomic mass is 16.6. The zero-order valence-electron chi connectivity index (χ0n) is 23.4. The number of ether oxygens (including phenoxy) is 4. The van der Waals surface area contributed by atoms with E-state index in [9.17, 15) is 33.6 Å². The summed E-state index contributed by atoms with van der Waals surface area (Å²) in [6.45, 7) is 1.25. The topological polar surface area (TPSA) is 197 Å². The first-order chi connectivity index (χ1) is 20.0. The summed E-state index contributed by atoms with van der Waals surface area (Å²) in [5.41, 5.74) is -0.0127. The lowest BCUT2D eigenvalue weighted by Crippen LogP contribution is -2.23. The number of aliphatic hydroxyl groups is 2. The molecule has 0 aromatic heterocycles. The molecule has 1 aromatic carbocycles. The third-order valence-electron chi connectivity index (χ3n) is 5.48. The second kappa shape index (κ2) is 20.6. The summed E-state index contributed by atoms with van der Waals surface area (Å²) < 4.78 is 18.6. The van der Waals surface area contributed by atoms with Crippen LogP contribution in [-0.4, -0.2) is 71.3 Å². The largest absolute Gasteiger partial charge is 0.463 e. The van der Waals surface area contributed by atoms with Crippen LogP contribution in [0.2, 0.25) is 0 Å². The fourth-order valence-corrected chi connectivity index (χ4v) is 3.21. The van der Waals surface area contributed by atoms with Crippen molar-refractivity contribution >= 4 is 41.8 Å². The molecule has 0 aliphatic carbocycles. The van der Waals surface area contributed by atoms with Crippen molar-refractivity contribution in [2.75, 3.05) is 13.2 Å². The molecule has 0 bridgehead atoms. The molecule has 0 amide bonds. The van der Waals surface area contributed by atoms with Crippen molar-refractivity contribution in [2.45, 2.75) is 77.2 Å². The number of carbonyl (C=O) groups excluding carboxylic acids is 7. The first kappa shape index (κ1) is 35.8. The van der Waals surface area contributed by atoms with Crippen molar-refractivity contribution in [3.8, 4) is 0 Å². The normalized spacial score (nSPS) is 11.4. The summed E-state index contributed by atoms with van der Waals surface area (Å²) in [5.74, 6) is -6.14. The van der Waals surface area contributed by atoms with Gasteiger partial charge in [-0.1, -0.05) is 25.7 Å². The van der Waals surface area contributed by atoms with Gasteiger partial charge in [-0.05, 0) is 56.9 Å². The average molecular weight is 593 g/mol. The summed E-state index contributed by atoms with van der Waals surface area (Å²) in [5, 5.41) is 17.7. The molecule has 2 N–H and O–H groups in total. The minimum absolute atomic E-state index is 0.00971. The molecule has 1 rings (SSSR count). The number of rotatable bonds is 18. The van der Waals surface area contributed by atoms with Crippen molar-refractivity contribution in [1.82, 2.24) is 0 Å². The number of esters is 7. The Morgan fingerprint density at radius 3 is 1.67 bits per heavy atom. The van der Waals surface area contributed by atoms with Crippen molar-refractivity contribution in [3.63, 3.8) is 0 Å². The molecule has 13 heteroatoms. The Morgan fingerprint density at radius 2 is 1.14 bits per heavy atom. The molecular formula is C29H36O13. The number of aliphatic hydroxyl groups excluding tert-OH is 2. The van der Waals surface area contributed by atoms with E-state index in [1.54, 1.807) is 0 Å². The van der Waals surface area contributed by atoms with Gasteiger partial charge in [0, 0.05) is 31.6 Å². The molecule has 0 saturated heterocycles. The lowest BCUT2D eigenvalue weighted by atomic mass is 10.1. The lowest BCUT2D eigenvalue weighted by molar-refractivity contribution is -0.156. The van der Waals surface area contributed by atoms with Crippen LogP contribution in [0.1, 0.15) is 91.8 Å². The van der Waals surface area contributed by atoms with E-state index in [1.807, 2.05) is 0 Å². The quantitative estimate of drug-likeness (QED) is 0.0830. The number of hydrogen-bond donors (Lipinski definition) is 2. The minimum atomic E-state index is -1.46. The van der Waals surface area contributed by atoms with E-state index < -0.39 is 47.9 Å². The lowest BCUT2D eigenvalue weighted by Gasteiger charge is -2.06. The highest BCUT2D eigenvalue weighted by Crippen LogP contribution is 2.12. The molecular weight excluding hydrogens is 556 g/mol. The predicted octanol–water partition coefficient (Wildman–Crippen LogP) is 2.50. The minimum Gasteiger partial charge on any atom is -0.463 e. The molecule has 0 aliphatic heterocycles. The first-order valence-corrected chi connectivity index (χ1v) is 13.5. The van der Waals surface area contributed by atoms with Gasteiger partial charge in [-0.25, -0.2) is 24.0 Å². The number of unbranched alkanes of at least 4 members (excludes halogenated alkanes) is 6. The highest BCUT2D eigenvalue weighted by Gasteiger charge is 2.18. The molecule has 0 fully saturated rings. The molecule has 1 unspecified atom stereocenters. The Bertz CT molecular complexity index is 1100. The maximum absolute atomic E-state index is 12.1. The standard InChI is InChI=1S/C29H36O13/c1-20(31)27(36)42-29(38)22-14-12-21(13-15-22)28(37)41-25(34)11-7-5-3-2-4-6-10-24(33)40-26(35)17-16-23(32)39-19-9-8-18-30/h12-17,20,30-31H,2-11,18-19H2,1H3/b17-16-. The van der Waals surface area contributed by atoms with Crippen molar-refractivity contribution in [2.24, 2.45) is 0 Å². The Morgan fingerprint density at radius 1 is 0.667 bits per heavy atom. The average Bonchev–Trinajstić information content (AvgIpc) is 2.95. The van der Waals surface area contributed by atoms with E-state index >= 15 is 0 Å². The van der Waals surface area contributed by atoms with Gasteiger partial charge in [-0.3, -0.25) is 9.59 Å². The maximum Gasteiger partial charge on any atom is 0.345 e. The smallest absolute Gasteiger partial charge is 0.345 e. The molecule has 0 heterocycles. The molecule has 0 saturated carbocycles. The Hall–Kier alpha value is -4.23. The van der Waals surface area contributed by atoms with Gasteiger partial charge in [0.15, 0.2) is 0 Å². The van der Waals surface area contributed by atoms with Gasteiger partial charge < -0.3 is 29.2 Å². The van der Waals surface area contributed by atoms with Crippen LogP contribution in [0.25, 0.3) is 0 Å². The summed E-state index contributed by atoms with van der Waals surface area (Å²) in [6, 6.07) is 4.91. The maximum atomic E-state index is 12.1. The molecule has 0 spiro atoms. The Kier molecular flexibility index (Phi) is 17.6. The summed E-state index contributed by atoms with van der Waals surface area (Å²) >= 11 is 0. The van der Waals surface area contributed by atoms with Crippen LogP contribution in [-0.2, 0) is 42.9 Å². The molecule has 1 atom stereocenters. The number of benzene rings is 1. The van der Waals surface area contributed by atoms with Gasteiger partial charge in [-0.2, -0.15) is 0 Å². The second-order valence-electron chi connectivity index (χ2n) is 9.07. The number of hydrogen-bond acceptors (Lipinski definition) is 13. The molecule has 230 valence electrons. The molecule has 13 nitrogen and oxygen atoms in total. The fourth-order valence-electron chi connectivity index (χ4n) is 3.21. The van der Waals surface area contributed by atoms with Crippen LogP contribution >= 0.6 is 0 Å². The van der Waals surface area contributed by atoms with Gasteiger partial charge in [0.05, 0.1) is 17.7 Å². The van der Waals surface area contributed by atoms with E-state index in [1.165, 1.54) is 24.3 Å². The van der Waals surface area contributed by atoms with Crippen LogP contribution in [0.5, 0.6) is 0 Å². The second-order valence-corrected chi connectivity index (χ2v) is 9.07. The van der Waals surface area contributed by atoms with Gasteiger partial charge in [0.2, 0.25) is 0 Å². The van der Waals surface area contributed by atoms with Crippen molar-refractivity contribution < 1.29 is 62.7 Å². The zero-order valence-corrected chi connectivity index (χ0v) is 23.4. The summed E-state index contributed by atoms with van der Waals surface area (Å²) in [4.78, 5) is 81.8. The van der Waals surface area contributed by atoms with Crippen LogP contribution in [0.4, 0.5) is 0 Å². The van der Waals surface area contributed by atoms with Crippen LogP contribution in [0.15, 0.2) is 36.4 Å². The predicted molar refractivity (Wildman–Crippen MR) is 143 cm³/mol. The Labute approximate surface area is 242 Å². The monoisotopic (exact) mass is 592 g/mol. The highest BCUT2D eigenvalue weighted by molar-refractivity contribution is 6.00. The van der Waals surface area contributed by atoms with E-state index in [-0.39, 0.29) is 37.2 Å². The zero-order chi connectivity index (χ0) is 31.3. The van der Waals surface area contributed by atoms with E-state index in [0.717, 1.165) is 31.9 Å². The molecule has 42 heavy (non-hydrogen) atoms. The van der Waals surface area contributed by atoms with Gasteiger partial charge in [0.25, 0.3) is 0 Å². The van der Waals surface area contributed by atoms with Crippen molar-refractivity contribution in [1.29, 1.82) is 0 Å². The summed E-state index contributed by atoms with van der Waals surface area (Å²) in [7, 11) is 0. The van der Waals surface area contributed by atoms with Gasteiger partial charge >= 0.3 is 41.8 Å². The van der Waals surface area contributed by atoms with Crippen LogP contribution < -0.4 is 0 Å². The third-order valence-corrected chi connectivity index (χ3v) is 5.48. The molecule has 0 aliphatic rings. The van der Waals surface area contributed by atoms with E-state index in [4.69, 9.17) is 19.7 Å². The fraction of sp³-hybridized carbons (Fsp3) is 0.483. The Balaban J connectivity index is 2.15. The summed E-state index contributed by atoms with van der Waals surface area (Å²) in [6.07, 6.45) is 5.15. The van der Waals surface area contributed by atoms with E-state index in [0.29, 0.717) is 38.5 Å². The molecule has 1 aromatic rings. The third kappa shape index (κ3) is 16.1. The van der Waals surface area contributed by atoms with E-state index in [2.05, 4.69) is 9.47 Å². The SMILES string of the molecule is CC(O)C(=O)OC(=O)c1ccc(C(=O)OC(=O)CCCCCCCCC(=O)OC(=O)/C=C\C(=O)OCCCCO)cc1. The number of carbonyl (C=O) groups is 7.